The normalized spacial score (nSPS) is 11.9. The molecule has 0 aliphatic heterocycles. The summed E-state index contributed by atoms with van der Waals surface area (Å²) < 4.78 is 22.1. The van der Waals surface area contributed by atoms with Crippen LogP contribution in [0.15, 0.2) is 4.21 Å². The van der Waals surface area contributed by atoms with Gasteiger partial charge in [-0.3, -0.25) is 0 Å². The van der Waals surface area contributed by atoms with Gasteiger partial charge in [0.1, 0.15) is 0 Å². The fourth-order valence-corrected chi connectivity index (χ4v) is 3.47. The molecule has 0 aliphatic rings. The minimum atomic E-state index is -3.68. The Balaban J connectivity index is 3.33. The molecule has 1 aromatic heterocycles. The molecule has 0 saturated heterocycles. The maximum absolute atomic E-state index is 10.9. The van der Waals surface area contributed by atoms with Gasteiger partial charge in [0.25, 0.3) is 9.05 Å². The van der Waals surface area contributed by atoms with E-state index in [2.05, 4.69) is 4.98 Å². The van der Waals surface area contributed by atoms with Crippen molar-refractivity contribution >= 4 is 42.7 Å². The summed E-state index contributed by atoms with van der Waals surface area (Å²) in [6.45, 7) is 1.79. The molecular formula is C5H5Cl2NO2S2. The van der Waals surface area contributed by atoms with Crippen LogP contribution in [-0.2, 0) is 15.5 Å². The average molecular weight is 246 g/mol. The van der Waals surface area contributed by atoms with E-state index in [9.17, 15) is 8.42 Å². The highest BCUT2D eigenvalue weighted by atomic mass is 35.7. The highest BCUT2D eigenvalue weighted by Crippen LogP contribution is 2.29. The van der Waals surface area contributed by atoms with Crippen molar-refractivity contribution in [1.29, 1.82) is 0 Å². The van der Waals surface area contributed by atoms with E-state index in [0.29, 0.717) is 12.1 Å². The third kappa shape index (κ3) is 2.10. The molecule has 0 bridgehead atoms. The smallest absolute Gasteiger partial charge is 0.229 e. The van der Waals surface area contributed by atoms with Gasteiger partial charge < -0.3 is 0 Å². The van der Waals surface area contributed by atoms with E-state index >= 15 is 0 Å². The van der Waals surface area contributed by atoms with E-state index < -0.39 is 9.05 Å². The minimum Gasteiger partial charge on any atom is -0.229 e. The van der Waals surface area contributed by atoms with E-state index in [1.807, 2.05) is 0 Å². The molecule has 12 heavy (non-hydrogen) atoms. The second-order valence-electron chi connectivity index (χ2n) is 1.99. The van der Waals surface area contributed by atoms with Gasteiger partial charge in [-0.2, -0.15) is 0 Å². The van der Waals surface area contributed by atoms with Crippen molar-refractivity contribution in [1.82, 2.24) is 4.98 Å². The number of thiazole rings is 1. The van der Waals surface area contributed by atoms with Crippen molar-refractivity contribution in [2.24, 2.45) is 0 Å². The van der Waals surface area contributed by atoms with Gasteiger partial charge in [0, 0.05) is 10.7 Å². The fraction of sp³-hybridized carbons (Fsp3) is 0.400. The second kappa shape index (κ2) is 3.49. The van der Waals surface area contributed by atoms with Crippen molar-refractivity contribution < 1.29 is 8.42 Å². The summed E-state index contributed by atoms with van der Waals surface area (Å²) in [5.41, 5.74) is 0.431. The first-order valence-corrected chi connectivity index (χ1v) is 6.55. The topological polar surface area (TPSA) is 47.0 Å². The van der Waals surface area contributed by atoms with E-state index in [1.165, 1.54) is 0 Å². The van der Waals surface area contributed by atoms with Gasteiger partial charge in [-0.25, -0.2) is 13.4 Å². The van der Waals surface area contributed by atoms with Crippen LogP contribution in [0, 0.1) is 0 Å². The Labute approximate surface area is 83.8 Å². The molecule has 0 unspecified atom stereocenters. The standard InChI is InChI=1S/C5H5Cl2NO2S2/c1-2-3-4(12(7,9)10)11-5(6)8-3/h2H2,1H3. The van der Waals surface area contributed by atoms with Gasteiger partial charge in [0.15, 0.2) is 8.68 Å². The van der Waals surface area contributed by atoms with E-state index in [1.54, 1.807) is 6.92 Å². The number of hydrogen-bond acceptors (Lipinski definition) is 4. The summed E-state index contributed by atoms with van der Waals surface area (Å²) in [5, 5.41) is 0. The lowest BCUT2D eigenvalue weighted by Crippen LogP contribution is -1.92. The molecular weight excluding hydrogens is 241 g/mol. The number of aryl methyl sites for hydroxylation is 1. The van der Waals surface area contributed by atoms with Crippen molar-refractivity contribution in [3.05, 3.63) is 10.2 Å². The Morgan fingerprint density at radius 2 is 2.17 bits per heavy atom. The summed E-state index contributed by atoms with van der Waals surface area (Å²) >= 11 is 6.41. The Bertz CT molecular complexity index is 384. The largest absolute Gasteiger partial charge is 0.272 e. The van der Waals surface area contributed by atoms with Gasteiger partial charge in [-0.15, -0.1) is 0 Å². The first-order valence-electron chi connectivity index (χ1n) is 3.05. The molecule has 1 rings (SSSR count). The van der Waals surface area contributed by atoms with Crippen molar-refractivity contribution in [2.75, 3.05) is 0 Å². The zero-order valence-corrected chi connectivity index (χ0v) is 9.19. The molecule has 0 saturated carbocycles. The number of hydrogen-bond donors (Lipinski definition) is 0. The first kappa shape index (κ1) is 10.2. The maximum atomic E-state index is 10.9. The molecule has 1 heterocycles. The van der Waals surface area contributed by atoms with Crippen molar-refractivity contribution in [2.45, 2.75) is 17.6 Å². The van der Waals surface area contributed by atoms with Crippen LogP contribution in [0.2, 0.25) is 4.47 Å². The zero-order chi connectivity index (χ0) is 9.35. The molecule has 0 aromatic carbocycles. The fourth-order valence-electron chi connectivity index (χ4n) is 0.724. The lowest BCUT2D eigenvalue weighted by atomic mass is 10.4. The first-order chi connectivity index (χ1) is 5.45. The molecule has 0 atom stereocenters. The van der Waals surface area contributed by atoms with Gasteiger partial charge in [-0.1, -0.05) is 29.9 Å². The summed E-state index contributed by atoms with van der Waals surface area (Å²) in [6.07, 6.45) is 0.504. The number of aromatic nitrogens is 1. The summed E-state index contributed by atoms with van der Waals surface area (Å²) in [6, 6.07) is 0. The highest BCUT2D eigenvalue weighted by Gasteiger charge is 2.19. The zero-order valence-electron chi connectivity index (χ0n) is 6.04. The third-order valence-corrected chi connectivity index (χ3v) is 4.51. The van der Waals surface area contributed by atoms with Gasteiger partial charge in [0.2, 0.25) is 0 Å². The monoisotopic (exact) mass is 245 g/mol. The van der Waals surface area contributed by atoms with Crippen LogP contribution < -0.4 is 0 Å². The van der Waals surface area contributed by atoms with Crippen LogP contribution in [-0.4, -0.2) is 13.4 Å². The molecule has 0 amide bonds. The third-order valence-electron chi connectivity index (χ3n) is 1.19. The Hall–Kier alpha value is 0.160. The van der Waals surface area contributed by atoms with Gasteiger partial charge in [-0.05, 0) is 6.42 Å². The van der Waals surface area contributed by atoms with E-state index in [-0.39, 0.29) is 8.68 Å². The van der Waals surface area contributed by atoms with E-state index in [4.69, 9.17) is 22.3 Å². The highest BCUT2D eigenvalue weighted by molar-refractivity contribution is 8.15. The minimum absolute atomic E-state index is 0.0525. The molecule has 0 fully saturated rings. The van der Waals surface area contributed by atoms with Crippen LogP contribution in [0.3, 0.4) is 0 Å². The van der Waals surface area contributed by atoms with Crippen LogP contribution in [0.1, 0.15) is 12.6 Å². The van der Waals surface area contributed by atoms with Crippen LogP contribution in [0.4, 0.5) is 0 Å². The lowest BCUT2D eigenvalue weighted by molar-refractivity contribution is 0.610. The van der Waals surface area contributed by atoms with Crippen molar-refractivity contribution in [3.63, 3.8) is 0 Å². The van der Waals surface area contributed by atoms with Crippen LogP contribution in [0.25, 0.3) is 0 Å². The predicted octanol–water partition coefficient (Wildman–Crippen LogP) is 2.29. The maximum Gasteiger partial charge on any atom is 0.272 e. The molecule has 7 heteroatoms. The number of nitrogens with zero attached hydrogens (tertiary/aromatic N) is 1. The molecule has 0 radical (unpaired) electrons. The molecule has 0 aliphatic carbocycles. The molecule has 0 N–H and O–H groups in total. The average Bonchev–Trinajstić information content (AvgIpc) is 2.29. The Morgan fingerprint density at radius 3 is 2.50 bits per heavy atom. The quantitative estimate of drug-likeness (QED) is 0.752. The van der Waals surface area contributed by atoms with E-state index in [0.717, 1.165) is 11.3 Å². The Morgan fingerprint density at radius 1 is 1.58 bits per heavy atom. The molecule has 1 aromatic rings. The van der Waals surface area contributed by atoms with Gasteiger partial charge >= 0.3 is 0 Å². The summed E-state index contributed by atoms with van der Waals surface area (Å²) in [4.78, 5) is 3.82. The lowest BCUT2D eigenvalue weighted by Gasteiger charge is -1.91. The van der Waals surface area contributed by atoms with Gasteiger partial charge in [0.05, 0.1) is 5.69 Å². The summed E-state index contributed by atoms with van der Waals surface area (Å²) in [7, 11) is 1.46. The SMILES string of the molecule is CCc1nc(Cl)sc1S(=O)(=O)Cl. The molecule has 3 nitrogen and oxygen atoms in total. The molecule has 0 spiro atoms. The number of halogens is 2. The van der Waals surface area contributed by atoms with Crippen molar-refractivity contribution in [3.8, 4) is 0 Å². The predicted molar refractivity (Wildman–Crippen MR) is 49.5 cm³/mol. The van der Waals surface area contributed by atoms with Crippen LogP contribution >= 0.6 is 33.6 Å². The number of rotatable bonds is 2. The van der Waals surface area contributed by atoms with Crippen LogP contribution in [0.5, 0.6) is 0 Å². The second-order valence-corrected chi connectivity index (χ2v) is 6.33. The Kier molecular flexibility index (Phi) is 2.98. The summed E-state index contributed by atoms with van der Waals surface area (Å²) in [5.74, 6) is 0. The molecule has 68 valence electrons.